The number of carbonyl (C=O) groups is 3. The molecule has 0 bridgehead atoms. The highest BCUT2D eigenvalue weighted by molar-refractivity contribution is 5.87. The van der Waals surface area contributed by atoms with Crippen molar-refractivity contribution in [3.63, 3.8) is 0 Å². The van der Waals surface area contributed by atoms with Gasteiger partial charge in [0, 0.05) is 13.3 Å². The Bertz CT molecular complexity index is 468. The molecule has 0 radical (unpaired) electrons. The molecule has 0 saturated heterocycles. The molecule has 2 N–H and O–H groups in total. The van der Waals surface area contributed by atoms with Gasteiger partial charge in [-0.3, -0.25) is 14.4 Å². The second-order valence-corrected chi connectivity index (χ2v) is 7.37. The molecule has 0 spiro atoms. The first-order valence-corrected chi connectivity index (χ1v) is 9.42. The molecule has 1 aliphatic rings. The van der Waals surface area contributed by atoms with Crippen molar-refractivity contribution in [2.45, 2.75) is 96.8 Å². The molecule has 1 aliphatic carbocycles. The number of hydrogen-bond donors (Lipinski definition) is 1. The van der Waals surface area contributed by atoms with Gasteiger partial charge in [0.05, 0.1) is 0 Å². The van der Waals surface area contributed by atoms with Crippen LogP contribution < -0.4 is 5.73 Å². The molecular formula is C19H33NO5. The van der Waals surface area contributed by atoms with Crippen molar-refractivity contribution in [3.05, 3.63) is 0 Å². The fourth-order valence-corrected chi connectivity index (χ4v) is 3.39. The van der Waals surface area contributed by atoms with Gasteiger partial charge in [-0.15, -0.1) is 0 Å². The summed E-state index contributed by atoms with van der Waals surface area (Å²) in [6.07, 6.45) is 5.05. The predicted molar refractivity (Wildman–Crippen MR) is 94.8 cm³/mol. The summed E-state index contributed by atoms with van der Waals surface area (Å²) in [4.78, 5) is 36.5. The van der Waals surface area contributed by atoms with Gasteiger partial charge in [0.2, 0.25) is 0 Å². The van der Waals surface area contributed by atoms with Crippen LogP contribution in [0, 0.1) is 5.92 Å². The lowest BCUT2D eigenvalue weighted by molar-refractivity contribution is -0.177. The first-order valence-electron chi connectivity index (χ1n) is 9.42. The lowest BCUT2D eigenvalue weighted by Gasteiger charge is -2.40. The van der Waals surface area contributed by atoms with E-state index in [1.165, 1.54) is 6.92 Å². The quantitative estimate of drug-likeness (QED) is 0.639. The van der Waals surface area contributed by atoms with E-state index in [1.54, 1.807) is 0 Å². The smallest absolute Gasteiger partial charge is 0.327 e. The summed E-state index contributed by atoms with van der Waals surface area (Å²) < 4.78 is 11.0. The van der Waals surface area contributed by atoms with E-state index in [2.05, 4.69) is 0 Å². The molecule has 144 valence electrons. The summed E-state index contributed by atoms with van der Waals surface area (Å²) >= 11 is 0. The van der Waals surface area contributed by atoms with Crippen LogP contribution in [0.25, 0.3) is 0 Å². The van der Waals surface area contributed by atoms with Crippen LogP contribution >= 0.6 is 0 Å². The average molecular weight is 355 g/mol. The molecule has 0 amide bonds. The van der Waals surface area contributed by atoms with Crippen molar-refractivity contribution in [3.8, 4) is 0 Å². The van der Waals surface area contributed by atoms with E-state index in [0.29, 0.717) is 19.3 Å². The number of hydrogen-bond acceptors (Lipinski definition) is 6. The molecule has 0 aromatic carbocycles. The highest BCUT2D eigenvalue weighted by Crippen LogP contribution is 2.35. The molecule has 0 aromatic rings. The van der Waals surface area contributed by atoms with E-state index in [9.17, 15) is 14.4 Å². The Hall–Kier alpha value is -1.43. The molecule has 1 rings (SSSR count). The second kappa shape index (κ2) is 9.90. The zero-order valence-corrected chi connectivity index (χ0v) is 16.0. The van der Waals surface area contributed by atoms with Crippen LogP contribution in [-0.4, -0.2) is 35.5 Å². The Morgan fingerprint density at radius 2 is 1.72 bits per heavy atom. The molecule has 0 heterocycles. The van der Waals surface area contributed by atoms with Crippen molar-refractivity contribution < 1.29 is 23.9 Å². The van der Waals surface area contributed by atoms with Gasteiger partial charge in [-0.25, -0.2) is 0 Å². The molecule has 0 aromatic heterocycles. The lowest BCUT2D eigenvalue weighted by Crippen LogP contribution is -2.57. The Labute approximate surface area is 150 Å². The van der Waals surface area contributed by atoms with Gasteiger partial charge in [0.25, 0.3) is 0 Å². The van der Waals surface area contributed by atoms with Gasteiger partial charge in [-0.05, 0) is 38.0 Å². The van der Waals surface area contributed by atoms with Crippen LogP contribution in [0.3, 0.4) is 0 Å². The molecule has 1 unspecified atom stereocenters. The van der Waals surface area contributed by atoms with Crippen LogP contribution in [0.5, 0.6) is 0 Å². The maximum atomic E-state index is 12.6. The average Bonchev–Trinajstić information content (AvgIpc) is 2.56. The predicted octanol–water partition coefficient (Wildman–Crippen LogP) is 2.91. The van der Waals surface area contributed by atoms with Crippen LogP contribution in [0.1, 0.15) is 79.1 Å². The normalized spacial score (nSPS) is 19.1. The van der Waals surface area contributed by atoms with Crippen molar-refractivity contribution in [1.29, 1.82) is 0 Å². The van der Waals surface area contributed by atoms with E-state index in [4.69, 9.17) is 15.2 Å². The summed E-state index contributed by atoms with van der Waals surface area (Å²) in [6, 6.07) is -1.07. The van der Waals surface area contributed by atoms with E-state index in [-0.39, 0.29) is 11.7 Å². The van der Waals surface area contributed by atoms with Crippen LogP contribution in [0.4, 0.5) is 0 Å². The minimum atomic E-state index is -1.07. The molecule has 2 atom stereocenters. The number of ketones is 1. The molecule has 1 saturated carbocycles. The zero-order chi connectivity index (χ0) is 19.0. The summed E-state index contributed by atoms with van der Waals surface area (Å²) in [5.74, 6) is -1.32. The summed E-state index contributed by atoms with van der Waals surface area (Å²) in [5, 5.41) is 0. The van der Waals surface area contributed by atoms with Crippen molar-refractivity contribution in [1.82, 2.24) is 0 Å². The maximum absolute atomic E-state index is 12.6. The van der Waals surface area contributed by atoms with Crippen LogP contribution in [0.2, 0.25) is 0 Å². The minimum absolute atomic E-state index is 0.0809. The first-order chi connectivity index (χ1) is 11.7. The minimum Gasteiger partial charge on any atom is -0.457 e. The highest BCUT2D eigenvalue weighted by atomic mass is 16.6. The molecule has 1 fully saturated rings. The van der Waals surface area contributed by atoms with E-state index >= 15 is 0 Å². The molecule has 6 heteroatoms. The topological polar surface area (TPSA) is 95.7 Å². The van der Waals surface area contributed by atoms with E-state index in [1.807, 2.05) is 20.8 Å². The molecule has 0 aliphatic heterocycles. The number of ether oxygens (including phenoxy) is 2. The SMILES string of the molecule is CCCCC(=O)[C@H](OC(=O)C(N)C1(OC(C)=O)CCCCC1)C(C)C. The second-order valence-electron chi connectivity index (χ2n) is 7.37. The lowest BCUT2D eigenvalue weighted by atomic mass is 9.79. The third-order valence-electron chi connectivity index (χ3n) is 4.81. The Morgan fingerprint density at radius 1 is 1.12 bits per heavy atom. The molecule has 6 nitrogen and oxygen atoms in total. The number of esters is 2. The fourth-order valence-electron chi connectivity index (χ4n) is 3.39. The Morgan fingerprint density at radius 3 is 2.20 bits per heavy atom. The fraction of sp³-hybridized carbons (Fsp3) is 0.842. The summed E-state index contributed by atoms with van der Waals surface area (Å²) in [5.41, 5.74) is 5.14. The number of rotatable bonds is 9. The third-order valence-corrected chi connectivity index (χ3v) is 4.81. The van der Waals surface area contributed by atoms with Crippen LogP contribution in [0.15, 0.2) is 0 Å². The molecule has 25 heavy (non-hydrogen) atoms. The first kappa shape index (κ1) is 21.6. The van der Waals surface area contributed by atoms with Gasteiger partial charge in [0.1, 0.15) is 11.6 Å². The summed E-state index contributed by atoms with van der Waals surface area (Å²) in [7, 11) is 0. The third kappa shape index (κ3) is 6.10. The number of carbonyl (C=O) groups excluding carboxylic acids is 3. The monoisotopic (exact) mass is 355 g/mol. The number of nitrogens with two attached hydrogens (primary N) is 1. The van der Waals surface area contributed by atoms with Gasteiger partial charge in [-0.1, -0.05) is 33.6 Å². The van der Waals surface area contributed by atoms with Crippen molar-refractivity contribution in [2.24, 2.45) is 11.7 Å². The van der Waals surface area contributed by atoms with Crippen molar-refractivity contribution in [2.75, 3.05) is 0 Å². The number of Topliss-reactive ketones (excluding diaryl/α,β-unsaturated/α-hetero) is 1. The number of unbranched alkanes of at least 4 members (excludes halogenated alkanes) is 1. The standard InChI is InChI=1S/C19H33NO5/c1-5-6-10-15(22)16(13(2)3)24-18(23)17(20)19(25-14(4)21)11-8-7-9-12-19/h13,16-17H,5-12,20H2,1-4H3/t16-,17?/m1/s1. The van der Waals surface area contributed by atoms with Gasteiger partial charge >= 0.3 is 11.9 Å². The Kier molecular flexibility index (Phi) is 8.56. The zero-order valence-electron chi connectivity index (χ0n) is 16.0. The van der Waals surface area contributed by atoms with E-state index < -0.39 is 29.7 Å². The summed E-state index contributed by atoms with van der Waals surface area (Å²) in [6.45, 7) is 7.01. The van der Waals surface area contributed by atoms with Crippen LogP contribution in [-0.2, 0) is 23.9 Å². The maximum Gasteiger partial charge on any atom is 0.327 e. The molecular weight excluding hydrogens is 322 g/mol. The van der Waals surface area contributed by atoms with Gasteiger partial charge in [-0.2, -0.15) is 0 Å². The van der Waals surface area contributed by atoms with Gasteiger partial charge in [0.15, 0.2) is 11.9 Å². The largest absolute Gasteiger partial charge is 0.457 e. The van der Waals surface area contributed by atoms with E-state index in [0.717, 1.165) is 32.1 Å². The van der Waals surface area contributed by atoms with Crippen molar-refractivity contribution >= 4 is 17.7 Å². The van der Waals surface area contributed by atoms with Gasteiger partial charge < -0.3 is 15.2 Å². The Balaban J connectivity index is 2.86. The highest BCUT2D eigenvalue weighted by Gasteiger charge is 2.46.